The van der Waals surface area contributed by atoms with Gasteiger partial charge in [-0.3, -0.25) is 9.59 Å². The number of phenolic OH excluding ortho intramolecular Hbond substituents is 2. The summed E-state index contributed by atoms with van der Waals surface area (Å²) in [4.78, 5) is 49.3. The number of phenols is 2. The van der Waals surface area contributed by atoms with Gasteiger partial charge in [-0.1, -0.05) is 0 Å². The molecule has 12 heteroatoms. The van der Waals surface area contributed by atoms with E-state index in [1.165, 1.54) is 6.92 Å². The molecule has 170 valence electrons. The highest BCUT2D eigenvalue weighted by Crippen LogP contribution is 2.35. The molecule has 11 nitrogen and oxygen atoms in total. The standard InChI is InChI=1S/C19H24N2O9S/c1-9-13(23)5-14(24)10-7-31-8-12(18(27)29-2)21-17(26)11(20-15(25)3-4-22)6-30-19(28)16(9)10/h5,11-12,22-24H,3-4,6-8H2,1-2H3,(H,20,25)(H,21,26)/t11-,12-/m0/s1. The second-order valence-electron chi connectivity index (χ2n) is 6.69. The number of hydrogen-bond acceptors (Lipinski definition) is 10. The van der Waals surface area contributed by atoms with E-state index >= 15 is 0 Å². The molecule has 0 saturated carbocycles. The highest BCUT2D eigenvalue weighted by atomic mass is 32.2. The van der Waals surface area contributed by atoms with Crippen LogP contribution in [0.4, 0.5) is 0 Å². The van der Waals surface area contributed by atoms with Gasteiger partial charge >= 0.3 is 11.9 Å². The first-order valence-corrected chi connectivity index (χ1v) is 10.4. The molecule has 5 N–H and O–H groups in total. The lowest BCUT2D eigenvalue weighted by molar-refractivity contribution is -0.144. The Balaban J connectivity index is 2.43. The largest absolute Gasteiger partial charge is 0.508 e. The van der Waals surface area contributed by atoms with E-state index in [1.54, 1.807) is 0 Å². The molecule has 0 spiro atoms. The van der Waals surface area contributed by atoms with Crippen LogP contribution < -0.4 is 10.6 Å². The number of nitrogens with one attached hydrogen (secondary N) is 2. The van der Waals surface area contributed by atoms with E-state index < -0.39 is 49.1 Å². The van der Waals surface area contributed by atoms with Gasteiger partial charge in [0.25, 0.3) is 0 Å². The molecule has 2 amide bonds. The Morgan fingerprint density at radius 3 is 2.68 bits per heavy atom. The molecule has 1 aliphatic heterocycles. The number of amides is 2. The molecule has 1 aromatic rings. The molecule has 31 heavy (non-hydrogen) atoms. The zero-order chi connectivity index (χ0) is 23.1. The van der Waals surface area contributed by atoms with E-state index in [9.17, 15) is 29.4 Å². The summed E-state index contributed by atoms with van der Waals surface area (Å²) in [6, 6.07) is -1.32. The summed E-state index contributed by atoms with van der Waals surface area (Å²) in [7, 11) is 1.16. The lowest BCUT2D eigenvalue weighted by atomic mass is 10.0. The summed E-state index contributed by atoms with van der Waals surface area (Å²) < 4.78 is 9.90. The molecule has 2 rings (SSSR count). The van der Waals surface area contributed by atoms with Crippen LogP contribution in [0, 0.1) is 6.92 Å². The van der Waals surface area contributed by atoms with E-state index in [2.05, 4.69) is 10.6 Å². The zero-order valence-corrected chi connectivity index (χ0v) is 17.8. The Labute approximate surface area is 182 Å². The lowest BCUT2D eigenvalue weighted by Gasteiger charge is -2.24. The average molecular weight is 456 g/mol. The highest BCUT2D eigenvalue weighted by Gasteiger charge is 2.31. The second kappa shape index (κ2) is 10.9. The molecule has 0 saturated heterocycles. The van der Waals surface area contributed by atoms with Gasteiger partial charge in [0.05, 0.1) is 19.3 Å². The van der Waals surface area contributed by atoms with Gasteiger partial charge in [0.15, 0.2) is 0 Å². The predicted octanol–water partition coefficient (Wildman–Crippen LogP) is -0.665. The lowest BCUT2D eigenvalue weighted by Crippen LogP contribution is -2.54. The van der Waals surface area contributed by atoms with E-state index in [1.807, 2.05) is 0 Å². The Kier molecular flexibility index (Phi) is 8.51. The van der Waals surface area contributed by atoms with Crippen LogP contribution in [0.2, 0.25) is 0 Å². The van der Waals surface area contributed by atoms with Gasteiger partial charge in [0.2, 0.25) is 11.8 Å². The minimum absolute atomic E-state index is 0.0452. The second-order valence-corrected chi connectivity index (χ2v) is 7.72. The number of esters is 2. The highest BCUT2D eigenvalue weighted by molar-refractivity contribution is 7.98. The van der Waals surface area contributed by atoms with Gasteiger partial charge < -0.3 is 35.4 Å². The normalized spacial score (nSPS) is 19.7. The maximum absolute atomic E-state index is 12.7. The number of benzene rings is 1. The van der Waals surface area contributed by atoms with Crippen molar-refractivity contribution in [1.82, 2.24) is 10.6 Å². The number of methoxy groups -OCH3 is 1. The number of aliphatic hydroxyl groups excluding tert-OH is 1. The number of hydrogen-bond donors (Lipinski definition) is 5. The van der Waals surface area contributed by atoms with E-state index in [0.717, 1.165) is 24.9 Å². The van der Waals surface area contributed by atoms with Crippen LogP contribution in [0.15, 0.2) is 6.07 Å². The van der Waals surface area contributed by atoms with E-state index in [4.69, 9.17) is 14.6 Å². The molecular formula is C19H24N2O9S. The Bertz CT molecular complexity index is 874. The smallest absolute Gasteiger partial charge is 0.339 e. The summed E-state index contributed by atoms with van der Waals surface area (Å²) in [5.74, 6) is -3.59. The van der Waals surface area contributed by atoms with Crippen molar-refractivity contribution in [1.29, 1.82) is 0 Å². The quantitative estimate of drug-likeness (QED) is 0.366. The first-order valence-electron chi connectivity index (χ1n) is 9.27. The SMILES string of the molecule is COC(=O)[C@@H]1CSCc2c(O)cc(O)c(C)c2C(=O)OC[C@H](NC(=O)CCO)C(=O)N1. The van der Waals surface area contributed by atoms with Crippen LogP contribution in [-0.4, -0.2) is 77.2 Å². The molecule has 1 aromatic carbocycles. The fourth-order valence-electron chi connectivity index (χ4n) is 2.87. The molecule has 0 aliphatic carbocycles. The van der Waals surface area contributed by atoms with Crippen molar-refractivity contribution in [2.75, 3.05) is 26.1 Å². The third-order valence-electron chi connectivity index (χ3n) is 4.55. The maximum Gasteiger partial charge on any atom is 0.339 e. The number of carbonyl (C=O) groups is 4. The predicted molar refractivity (Wildman–Crippen MR) is 109 cm³/mol. The van der Waals surface area contributed by atoms with Gasteiger partial charge in [-0.25, -0.2) is 9.59 Å². The number of rotatable bonds is 4. The van der Waals surface area contributed by atoms with Gasteiger partial charge in [-0.05, 0) is 6.92 Å². The molecule has 0 aromatic heterocycles. The van der Waals surface area contributed by atoms with Crippen LogP contribution in [0.3, 0.4) is 0 Å². The van der Waals surface area contributed by atoms with Crippen molar-refractivity contribution in [2.45, 2.75) is 31.2 Å². The van der Waals surface area contributed by atoms with Gasteiger partial charge in [-0.2, -0.15) is 11.8 Å². The fourth-order valence-corrected chi connectivity index (χ4v) is 3.94. The summed E-state index contributed by atoms with van der Waals surface area (Å²) in [6.45, 7) is 0.431. The summed E-state index contributed by atoms with van der Waals surface area (Å²) in [5.41, 5.74) is 0.299. The fraction of sp³-hybridized carbons (Fsp3) is 0.474. The van der Waals surface area contributed by atoms with Crippen LogP contribution in [0.1, 0.15) is 27.9 Å². The van der Waals surface area contributed by atoms with Crippen LogP contribution in [0.5, 0.6) is 11.5 Å². The monoisotopic (exact) mass is 456 g/mol. The third-order valence-corrected chi connectivity index (χ3v) is 5.61. The number of aliphatic hydroxyl groups is 1. The molecule has 0 bridgehead atoms. The number of thioether (sulfide) groups is 1. The van der Waals surface area contributed by atoms with Crippen LogP contribution in [0.25, 0.3) is 0 Å². The number of ether oxygens (including phenoxy) is 2. The van der Waals surface area contributed by atoms with Gasteiger partial charge in [0.1, 0.15) is 30.2 Å². The van der Waals surface area contributed by atoms with E-state index in [0.29, 0.717) is 0 Å². The van der Waals surface area contributed by atoms with Crippen LogP contribution >= 0.6 is 11.8 Å². The van der Waals surface area contributed by atoms with E-state index in [-0.39, 0.29) is 46.1 Å². The number of fused-ring (bicyclic) bond motifs is 1. The average Bonchev–Trinajstić information content (AvgIpc) is 2.72. The summed E-state index contributed by atoms with van der Waals surface area (Å²) in [5, 5.41) is 33.9. The van der Waals surface area contributed by atoms with Crippen LogP contribution in [-0.2, 0) is 29.6 Å². The zero-order valence-electron chi connectivity index (χ0n) is 17.0. The topological polar surface area (TPSA) is 171 Å². The van der Waals surface area contributed by atoms with Crippen molar-refractivity contribution in [2.24, 2.45) is 0 Å². The van der Waals surface area contributed by atoms with Gasteiger partial charge in [-0.15, -0.1) is 0 Å². The van der Waals surface area contributed by atoms with Crippen molar-refractivity contribution in [3.05, 3.63) is 22.8 Å². The molecular weight excluding hydrogens is 432 g/mol. The minimum atomic E-state index is -1.35. The number of carbonyl (C=O) groups excluding carboxylic acids is 4. The molecule has 1 heterocycles. The summed E-state index contributed by atoms with van der Waals surface area (Å²) >= 11 is 1.13. The maximum atomic E-state index is 12.7. The van der Waals surface area contributed by atoms with Crippen molar-refractivity contribution in [3.63, 3.8) is 0 Å². The Hall–Kier alpha value is -2.99. The molecule has 0 fully saturated rings. The Morgan fingerprint density at radius 2 is 2.03 bits per heavy atom. The number of cyclic esters (lactones) is 1. The first-order chi connectivity index (χ1) is 14.7. The summed E-state index contributed by atoms with van der Waals surface area (Å²) in [6.07, 6.45) is -0.280. The van der Waals surface area contributed by atoms with Gasteiger partial charge in [0, 0.05) is 35.1 Å². The molecule has 0 radical (unpaired) electrons. The molecule has 0 unspecified atom stereocenters. The number of aromatic hydroxyl groups is 2. The Morgan fingerprint density at radius 1 is 1.32 bits per heavy atom. The van der Waals surface area contributed by atoms with Crippen molar-refractivity contribution < 1.29 is 44.0 Å². The molecule has 2 atom stereocenters. The molecule has 1 aliphatic rings. The van der Waals surface area contributed by atoms with Crippen molar-refractivity contribution >= 4 is 35.5 Å². The minimum Gasteiger partial charge on any atom is -0.508 e. The van der Waals surface area contributed by atoms with Crippen molar-refractivity contribution in [3.8, 4) is 11.5 Å². The third kappa shape index (κ3) is 6.01. The first kappa shape index (κ1) is 24.3.